The number of hydrogen-bond acceptors (Lipinski definition) is 4. The summed E-state index contributed by atoms with van der Waals surface area (Å²) in [6.07, 6.45) is 0.816. The van der Waals surface area contributed by atoms with Crippen molar-refractivity contribution in [3.63, 3.8) is 0 Å². The topological polar surface area (TPSA) is 104 Å². The van der Waals surface area contributed by atoms with Gasteiger partial charge in [0.25, 0.3) is 0 Å². The zero-order valence-corrected chi connectivity index (χ0v) is 13.0. The Balaban J connectivity index is 2.21. The number of carbonyl (C=O) groups is 2. The minimum atomic E-state index is -1.04. The Labute approximate surface area is 125 Å². The van der Waals surface area contributed by atoms with Crippen molar-refractivity contribution in [2.24, 2.45) is 23.0 Å². The minimum Gasteiger partial charge on any atom is -0.480 e. The number of nitrogens with zero attached hydrogens (tertiary/aromatic N) is 1. The fourth-order valence-corrected chi connectivity index (χ4v) is 3.78. The lowest BCUT2D eigenvalue weighted by Crippen LogP contribution is -2.54. The first-order valence-corrected chi connectivity index (χ1v) is 7.63. The third-order valence-corrected chi connectivity index (χ3v) is 5.65. The van der Waals surface area contributed by atoms with E-state index in [1.54, 1.807) is 0 Å². The number of aliphatic carboxylic acids is 1. The van der Waals surface area contributed by atoms with Crippen LogP contribution < -0.4 is 5.73 Å². The van der Waals surface area contributed by atoms with Crippen LogP contribution in [0.2, 0.25) is 0 Å². The Kier molecular flexibility index (Phi) is 4.31. The van der Waals surface area contributed by atoms with Crippen molar-refractivity contribution < 1.29 is 19.8 Å². The number of nitrogens with two attached hydrogens (primary N) is 1. The second kappa shape index (κ2) is 5.57. The molecule has 2 fully saturated rings. The Morgan fingerprint density at radius 3 is 2.48 bits per heavy atom. The molecular weight excluding hydrogens is 272 g/mol. The molecule has 5 atom stereocenters. The lowest BCUT2D eigenvalue weighted by atomic mass is 9.60. The van der Waals surface area contributed by atoms with Crippen molar-refractivity contribution in [2.75, 3.05) is 6.54 Å². The molecule has 4 N–H and O–H groups in total. The van der Waals surface area contributed by atoms with E-state index in [9.17, 15) is 19.8 Å². The van der Waals surface area contributed by atoms with Crippen LogP contribution in [0, 0.1) is 17.3 Å². The van der Waals surface area contributed by atoms with Gasteiger partial charge in [-0.15, -0.1) is 0 Å². The molecule has 1 aliphatic carbocycles. The molecule has 1 saturated heterocycles. The standard InChI is InChI=1S/C15H26N2O4/c1-8-11(16)5-4-10(15(8,2)3)13(19)17-7-9(18)6-12(17)14(20)21/h8-12,18H,4-7,16H2,1-3H3,(H,20,21)/t8?,9-,10?,11?,12-/m0/s1. The van der Waals surface area contributed by atoms with Gasteiger partial charge in [0, 0.05) is 24.9 Å². The molecular formula is C15H26N2O4. The highest BCUT2D eigenvalue weighted by molar-refractivity contribution is 5.86. The molecule has 120 valence electrons. The summed E-state index contributed by atoms with van der Waals surface area (Å²) in [4.78, 5) is 25.5. The third-order valence-electron chi connectivity index (χ3n) is 5.65. The molecule has 0 aromatic carbocycles. The van der Waals surface area contributed by atoms with Crippen LogP contribution in [0.3, 0.4) is 0 Å². The summed E-state index contributed by atoms with van der Waals surface area (Å²) in [5, 5.41) is 19.0. The first kappa shape index (κ1) is 16.2. The van der Waals surface area contributed by atoms with E-state index in [1.165, 1.54) is 4.90 Å². The van der Waals surface area contributed by atoms with E-state index in [-0.39, 0.29) is 42.2 Å². The molecule has 0 spiro atoms. The Morgan fingerprint density at radius 1 is 1.29 bits per heavy atom. The molecule has 3 unspecified atom stereocenters. The Bertz CT molecular complexity index is 437. The monoisotopic (exact) mass is 298 g/mol. The molecule has 2 aliphatic rings. The smallest absolute Gasteiger partial charge is 0.326 e. The van der Waals surface area contributed by atoms with Gasteiger partial charge in [-0.25, -0.2) is 4.79 Å². The fraction of sp³-hybridized carbons (Fsp3) is 0.867. The summed E-state index contributed by atoms with van der Waals surface area (Å²) in [5.74, 6) is -1.24. The van der Waals surface area contributed by atoms with E-state index >= 15 is 0 Å². The van der Waals surface area contributed by atoms with Crippen LogP contribution in [0.25, 0.3) is 0 Å². The van der Waals surface area contributed by atoms with E-state index in [2.05, 4.69) is 6.92 Å². The van der Waals surface area contributed by atoms with Gasteiger partial charge in [0.2, 0.25) is 5.91 Å². The number of aliphatic hydroxyl groups excluding tert-OH is 1. The zero-order chi connectivity index (χ0) is 15.9. The largest absolute Gasteiger partial charge is 0.480 e. The maximum Gasteiger partial charge on any atom is 0.326 e. The van der Waals surface area contributed by atoms with Gasteiger partial charge in [0.05, 0.1) is 6.10 Å². The quantitative estimate of drug-likeness (QED) is 0.686. The van der Waals surface area contributed by atoms with Crippen LogP contribution in [0.4, 0.5) is 0 Å². The van der Waals surface area contributed by atoms with Gasteiger partial charge < -0.3 is 20.8 Å². The Hall–Kier alpha value is -1.14. The zero-order valence-electron chi connectivity index (χ0n) is 13.0. The summed E-state index contributed by atoms with van der Waals surface area (Å²) in [5.41, 5.74) is 5.84. The highest BCUT2D eigenvalue weighted by atomic mass is 16.4. The normalized spacial score (nSPS) is 39.3. The van der Waals surface area contributed by atoms with Crippen molar-refractivity contribution in [1.82, 2.24) is 4.90 Å². The van der Waals surface area contributed by atoms with Gasteiger partial charge in [-0.2, -0.15) is 0 Å². The van der Waals surface area contributed by atoms with Gasteiger partial charge in [0.1, 0.15) is 6.04 Å². The van der Waals surface area contributed by atoms with Crippen molar-refractivity contribution in [3.8, 4) is 0 Å². The number of aliphatic hydroxyl groups is 1. The van der Waals surface area contributed by atoms with Crippen LogP contribution >= 0.6 is 0 Å². The average molecular weight is 298 g/mol. The molecule has 0 radical (unpaired) electrons. The summed E-state index contributed by atoms with van der Waals surface area (Å²) in [6, 6.07) is -0.835. The van der Waals surface area contributed by atoms with Gasteiger partial charge >= 0.3 is 5.97 Å². The average Bonchev–Trinajstić information content (AvgIpc) is 2.78. The van der Waals surface area contributed by atoms with E-state index in [0.717, 1.165) is 6.42 Å². The molecule has 0 aromatic rings. The lowest BCUT2D eigenvalue weighted by Gasteiger charge is -2.47. The summed E-state index contributed by atoms with van der Waals surface area (Å²) in [6.45, 7) is 6.23. The van der Waals surface area contributed by atoms with Crippen molar-refractivity contribution in [2.45, 2.75) is 58.2 Å². The van der Waals surface area contributed by atoms with Crippen molar-refractivity contribution in [3.05, 3.63) is 0 Å². The van der Waals surface area contributed by atoms with E-state index in [0.29, 0.717) is 6.42 Å². The summed E-state index contributed by atoms with van der Waals surface area (Å²) >= 11 is 0. The van der Waals surface area contributed by atoms with Crippen molar-refractivity contribution >= 4 is 11.9 Å². The molecule has 1 amide bonds. The van der Waals surface area contributed by atoms with Crippen LogP contribution in [0.5, 0.6) is 0 Å². The number of carboxylic acids is 1. The molecule has 6 heteroatoms. The molecule has 6 nitrogen and oxygen atoms in total. The predicted octanol–water partition coefficient (Wildman–Crippen LogP) is 0.432. The van der Waals surface area contributed by atoms with Crippen LogP contribution in [-0.4, -0.2) is 51.7 Å². The Morgan fingerprint density at radius 2 is 1.90 bits per heavy atom. The minimum absolute atomic E-state index is 0.0727. The van der Waals surface area contributed by atoms with Gasteiger partial charge in [0.15, 0.2) is 0 Å². The number of β-amino-alcohol motifs (C(OH)–C–C–N with tert-alkyl or cyclic N) is 1. The summed E-state index contributed by atoms with van der Waals surface area (Å²) < 4.78 is 0. The van der Waals surface area contributed by atoms with E-state index in [4.69, 9.17) is 5.73 Å². The number of carboxylic acid groups (broad SMARTS) is 1. The predicted molar refractivity (Wildman–Crippen MR) is 77.4 cm³/mol. The molecule has 2 rings (SSSR count). The highest BCUT2D eigenvalue weighted by Crippen LogP contribution is 2.45. The third kappa shape index (κ3) is 2.79. The SMILES string of the molecule is CC1C(N)CCC(C(=O)N2C[C@@H](O)C[C@H]2C(=O)O)C1(C)C. The maximum absolute atomic E-state index is 12.8. The van der Waals surface area contributed by atoms with Gasteiger partial charge in [-0.05, 0) is 24.2 Å². The number of likely N-dealkylation sites (tertiary alicyclic amines) is 1. The van der Waals surface area contributed by atoms with Crippen LogP contribution in [-0.2, 0) is 9.59 Å². The van der Waals surface area contributed by atoms with E-state index < -0.39 is 18.1 Å². The second-order valence-corrected chi connectivity index (χ2v) is 7.14. The van der Waals surface area contributed by atoms with E-state index in [1.807, 2.05) is 13.8 Å². The first-order chi connectivity index (χ1) is 9.66. The maximum atomic E-state index is 12.8. The molecule has 1 heterocycles. The van der Waals surface area contributed by atoms with Crippen molar-refractivity contribution in [1.29, 1.82) is 0 Å². The van der Waals surface area contributed by atoms with Gasteiger partial charge in [-0.3, -0.25) is 4.79 Å². The van der Waals surface area contributed by atoms with Gasteiger partial charge in [-0.1, -0.05) is 20.8 Å². The molecule has 0 bridgehead atoms. The highest BCUT2D eigenvalue weighted by Gasteiger charge is 2.49. The number of rotatable bonds is 2. The number of amides is 1. The number of hydrogen-bond donors (Lipinski definition) is 3. The lowest BCUT2D eigenvalue weighted by molar-refractivity contribution is -0.154. The van der Waals surface area contributed by atoms with Crippen LogP contribution in [0.15, 0.2) is 0 Å². The molecule has 0 aromatic heterocycles. The second-order valence-electron chi connectivity index (χ2n) is 7.14. The molecule has 1 saturated carbocycles. The number of carbonyl (C=O) groups excluding carboxylic acids is 1. The summed E-state index contributed by atoms with van der Waals surface area (Å²) in [7, 11) is 0. The molecule has 1 aliphatic heterocycles. The molecule has 21 heavy (non-hydrogen) atoms. The fourth-order valence-electron chi connectivity index (χ4n) is 3.78. The first-order valence-electron chi connectivity index (χ1n) is 7.63. The van der Waals surface area contributed by atoms with Crippen LogP contribution in [0.1, 0.15) is 40.0 Å².